The Morgan fingerprint density at radius 2 is 1.39 bits per heavy atom. The Bertz CT molecular complexity index is 1260. The van der Waals surface area contributed by atoms with Gasteiger partial charge in [0.1, 0.15) is 11.6 Å². The molecule has 0 bridgehead atoms. The summed E-state index contributed by atoms with van der Waals surface area (Å²) in [6.07, 6.45) is -4.78. The highest BCUT2D eigenvalue weighted by Gasteiger charge is 2.39. The van der Waals surface area contributed by atoms with Gasteiger partial charge in [-0.2, -0.15) is 8.78 Å². The molecule has 1 aliphatic rings. The summed E-state index contributed by atoms with van der Waals surface area (Å²) in [6, 6.07) is 9.37. The maximum absolute atomic E-state index is 15.1. The maximum Gasteiger partial charge on any atom is 0.573 e. The molecule has 1 aliphatic carbocycles. The highest BCUT2D eigenvalue weighted by Crippen LogP contribution is 2.42. The lowest BCUT2D eigenvalue weighted by Crippen LogP contribution is -2.24. The van der Waals surface area contributed by atoms with Crippen molar-refractivity contribution in [1.82, 2.24) is 0 Å². The minimum atomic E-state index is -5.35. The Kier molecular flexibility index (Phi) is 7.90. The third kappa shape index (κ3) is 6.22. The van der Waals surface area contributed by atoms with Crippen molar-refractivity contribution >= 4 is 0 Å². The normalized spacial score (nSPS) is 18.3. The molecule has 3 aromatic rings. The van der Waals surface area contributed by atoms with Gasteiger partial charge in [0.25, 0.3) is 0 Å². The third-order valence-corrected chi connectivity index (χ3v) is 6.85. The molecule has 0 unspecified atom stereocenters. The Morgan fingerprint density at radius 3 is 1.97 bits per heavy atom. The SMILES string of the molecule is CC[C@H]1CC[C@H](c2ccc(C(F)(F)Oc3ccccc3-c3cc(F)c(OC(F)(F)F)c(F)c3)c(F)c2)CC1. The van der Waals surface area contributed by atoms with Crippen molar-refractivity contribution in [1.29, 1.82) is 0 Å². The van der Waals surface area contributed by atoms with Crippen molar-refractivity contribution in [3.05, 3.63) is 83.2 Å². The predicted molar refractivity (Wildman–Crippen MR) is 124 cm³/mol. The Hall–Kier alpha value is -3.30. The van der Waals surface area contributed by atoms with E-state index in [1.807, 2.05) is 0 Å². The second-order valence-electron chi connectivity index (χ2n) is 9.30. The van der Waals surface area contributed by atoms with Crippen LogP contribution in [-0.2, 0) is 6.11 Å². The van der Waals surface area contributed by atoms with E-state index in [9.17, 15) is 26.3 Å². The van der Waals surface area contributed by atoms with Crippen LogP contribution >= 0.6 is 0 Å². The zero-order valence-electron chi connectivity index (χ0n) is 20.2. The van der Waals surface area contributed by atoms with Crippen LogP contribution in [0.5, 0.6) is 11.5 Å². The van der Waals surface area contributed by atoms with Gasteiger partial charge < -0.3 is 9.47 Å². The topological polar surface area (TPSA) is 18.5 Å². The second-order valence-corrected chi connectivity index (χ2v) is 9.30. The number of hydrogen-bond donors (Lipinski definition) is 0. The number of ether oxygens (including phenoxy) is 2. The van der Waals surface area contributed by atoms with E-state index in [2.05, 4.69) is 11.7 Å². The second kappa shape index (κ2) is 10.8. The fourth-order valence-electron chi connectivity index (χ4n) is 4.84. The molecule has 204 valence electrons. The van der Waals surface area contributed by atoms with E-state index in [0.29, 0.717) is 23.6 Å². The first-order valence-electron chi connectivity index (χ1n) is 12.1. The molecule has 38 heavy (non-hydrogen) atoms. The monoisotopic (exact) mass is 544 g/mol. The van der Waals surface area contributed by atoms with Crippen molar-refractivity contribution in [3.63, 3.8) is 0 Å². The third-order valence-electron chi connectivity index (χ3n) is 6.85. The minimum absolute atomic E-state index is 0.0747. The van der Waals surface area contributed by atoms with Crippen LogP contribution in [0.2, 0.25) is 0 Å². The molecule has 0 radical (unpaired) electrons. The van der Waals surface area contributed by atoms with E-state index in [-0.39, 0.29) is 17.0 Å². The molecule has 0 heterocycles. The molecule has 0 N–H and O–H groups in total. The highest BCUT2D eigenvalue weighted by atomic mass is 19.4. The fourth-order valence-corrected chi connectivity index (χ4v) is 4.84. The lowest BCUT2D eigenvalue weighted by molar-refractivity contribution is -0.276. The smallest absolute Gasteiger partial charge is 0.428 e. The number of rotatable bonds is 7. The largest absolute Gasteiger partial charge is 0.573 e. The molecule has 0 aromatic heterocycles. The molecule has 1 saturated carbocycles. The van der Waals surface area contributed by atoms with Gasteiger partial charge in [-0.05, 0) is 79.0 Å². The minimum Gasteiger partial charge on any atom is -0.428 e. The van der Waals surface area contributed by atoms with E-state index in [0.717, 1.165) is 50.3 Å². The first kappa shape index (κ1) is 27.7. The van der Waals surface area contributed by atoms with Gasteiger partial charge in [0.2, 0.25) is 5.75 Å². The van der Waals surface area contributed by atoms with Gasteiger partial charge in [-0.3, -0.25) is 0 Å². The molecule has 0 spiro atoms. The van der Waals surface area contributed by atoms with Gasteiger partial charge in [-0.1, -0.05) is 37.6 Å². The standard InChI is InChI=1S/C28H24F8O2/c1-2-16-7-9-17(10-8-16)18-11-12-21(22(29)13-18)27(32,33)37-25-6-4-3-5-20(25)19-14-23(30)26(24(31)15-19)38-28(34,35)36/h3-6,11-17H,2,7-10H2,1H3/t16-,17-. The molecule has 0 saturated heterocycles. The average Bonchev–Trinajstić information content (AvgIpc) is 2.85. The van der Waals surface area contributed by atoms with Crippen molar-refractivity contribution < 1.29 is 44.6 Å². The quantitative estimate of drug-likeness (QED) is 0.276. The van der Waals surface area contributed by atoms with Gasteiger partial charge in [-0.15, -0.1) is 13.2 Å². The summed E-state index contributed by atoms with van der Waals surface area (Å²) < 4.78 is 119. The molecule has 2 nitrogen and oxygen atoms in total. The number of para-hydroxylation sites is 1. The summed E-state index contributed by atoms with van der Waals surface area (Å²) >= 11 is 0. The molecule has 0 aliphatic heterocycles. The summed E-state index contributed by atoms with van der Waals surface area (Å²) in [5.74, 6) is -6.12. The van der Waals surface area contributed by atoms with Crippen LogP contribution in [0.1, 0.15) is 56.1 Å². The molecule has 1 fully saturated rings. The van der Waals surface area contributed by atoms with Crippen LogP contribution in [0.25, 0.3) is 11.1 Å². The first-order chi connectivity index (χ1) is 17.9. The summed E-state index contributed by atoms with van der Waals surface area (Å²) in [5, 5.41) is 0. The van der Waals surface area contributed by atoms with Gasteiger partial charge in [-0.25, -0.2) is 13.2 Å². The van der Waals surface area contributed by atoms with E-state index < -0.39 is 47.0 Å². The van der Waals surface area contributed by atoms with Crippen LogP contribution in [0.15, 0.2) is 54.6 Å². The van der Waals surface area contributed by atoms with Crippen molar-refractivity contribution in [2.45, 2.75) is 57.4 Å². The van der Waals surface area contributed by atoms with Gasteiger partial charge in [0.05, 0.1) is 5.56 Å². The zero-order chi connectivity index (χ0) is 27.7. The van der Waals surface area contributed by atoms with E-state index in [1.54, 1.807) is 0 Å². The van der Waals surface area contributed by atoms with Crippen molar-refractivity contribution in [2.75, 3.05) is 0 Å². The summed E-state index contributed by atoms with van der Waals surface area (Å²) in [4.78, 5) is 0. The summed E-state index contributed by atoms with van der Waals surface area (Å²) in [5.41, 5.74) is -1.04. The Balaban J connectivity index is 1.59. The summed E-state index contributed by atoms with van der Waals surface area (Å²) in [6.45, 7) is 2.12. The van der Waals surface area contributed by atoms with Gasteiger partial charge in [0.15, 0.2) is 11.6 Å². The molecular formula is C28H24F8O2. The molecule has 3 aromatic carbocycles. The van der Waals surface area contributed by atoms with E-state index >= 15 is 8.78 Å². The fraction of sp³-hybridized carbons (Fsp3) is 0.357. The van der Waals surface area contributed by atoms with Crippen LogP contribution in [-0.4, -0.2) is 6.36 Å². The number of hydrogen-bond acceptors (Lipinski definition) is 2. The Morgan fingerprint density at radius 1 is 0.763 bits per heavy atom. The van der Waals surface area contributed by atoms with Crippen molar-refractivity contribution in [3.8, 4) is 22.6 Å². The maximum atomic E-state index is 15.1. The van der Waals surface area contributed by atoms with Gasteiger partial charge >= 0.3 is 12.5 Å². The summed E-state index contributed by atoms with van der Waals surface area (Å²) in [7, 11) is 0. The van der Waals surface area contributed by atoms with Crippen LogP contribution in [0, 0.1) is 23.4 Å². The highest BCUT2D eigenvalue weighted by molar-refractivity contribution is 5.71. The van der Waals surface area contributed by atoms with Crippen LogP contribution < -0.4 is 9.47 Å². The average molecular weight is 544 g/mol. The Labute approximate surface area is 214 Å². The molecule has 4 rings (SSSR count). The van der Waals surface area contributed by atoms with Crippen LogP contribution in [0.3, 0.4) is 0 Å². The lowest BCUT2D eigenvalue weighted by Gasteiger charge is -2.28. The predicted octanol–water partition coefficient (Wildman–Crippen LogP) is 9.48. The van der Waals surface area contributed by atoms with Crippen LogP contribution in [0.4, 0.5) is 35.1 Å². The number of halogens is 8. The van der Waals surface area contributed by atoms with E-state index in [4.69, 9.17) is 4.74 Å². The number of benzene rings is 3. The molecule has 0 amide bonds. The molecule has 10 heteroatoms. The molecular weight excluding hydrogens is 520 g/mol. The first-order valence-corrected chi connectivity index (χ1v) is 12.1. The van der Waals surface area contributed by atoms with Gasteiger partial charge in [0, 0.05) is 5.56 Å². The lowest BCUT2D eigenvalue weighted by atomic mass is 9.78. The number of alkyl halides is 5. The van der Waals surface area contributed by atoms with E-state index in [1.165, 1.54) is 24.3 Å². The zero-order valence-corrected chi connectivity index (χ0v) is 20.2. The van der Waals surface area contributed by atoms with Crippen molar-refractivity contribution in [2.24, 2.45) is 5.92 Å². The molecule has 0 atom stereocenters.